The second kappa shape index (κ2) is 8.48. The molecule has 4 rings (SSSR count). The standard InChI is InChI=1S/C18H11Cl2N3O.C2H4O2/c19-10-5-6-11-13(7-10)17(12-3-1-2-4-15(12)20)23-18(24)14-8-21-9-22-16(11)14;1-2(3)4/h1-9,18,24H;1H3,(H,3,4). The lowest BCUT2D eigenvalue weighted by molar-refractivity contribution is -0.134. The molecule has 0 spiro atoms. The molecule has 142 valence electrons. The summed E-state index contributed by atoms with van der Waals surface area (Å²) in [6.07, 6.45) is 1.94. The van der Waals surface area contributed by atoms with Gasteiger partial charge in [0, 0.05) is 45.4 Å². The van der Waals surface area contributed by atoms with Gasteiger partial charge in [-0.3, -0.25) is 4.79 Å². The lowest BCUT2D eigenvalue weighted by Crippen LogP contribution is -2.06. The van der Waals surface area contributed by atoms with E-state index in [1.165, 1.54) is 6.33 Å². The maximum atomic E-state index is 10.6. The van der Waals surface area contributed by atoms with E-state index in [0.717, 1.165) is 23.6 Å². The Morgan fingerprint density at radius 1 is 1.07 bits per heavy atom. The zero-order valence-electron chi connectivity index (χ0n) is 14.7. The van der Waals surface area contributed by atoms with Crippen molar-refractivity contribution in [2.24, 2.45) is 4.99 Å². The van der Waals surface area contributed by atoms with Gasteiger partial charge in [-0.15, -0.1) is 0 Å². The normalized spacial score (nSPS) is 14.6. The number of halogens is 2. The lowest BCUT2D eigenvalue weighted by atomic mass is 9.95. The maximum Gasteiger partial charge on any atom is 0.300 e. The number of benzene rings is 2. The van der Waals surface area contributed by atoms with Crippen LogP contribution in [0.5, 0.6) is 0 Å². The molecule has 6 nitrogen and oxygen atoms in total. The second-order valence-electron chi connectivity index (χ2n) is 5.87. The Morgan fingerprint density at radius 2 is 1.79 bits per heavy atom. The van der Waals surface area contributed by atoms with Gasteiger partial charge in [0.15, 0.2) is 6.23 Å². The monoisotopic (exact) mass is 415 g/mol. The summed E-state index contributed by atoms with van der Waals surface area (Å²) in [5.41, 5.74) is 4.07. The van der Waals surface area contributed by atoms with Crippen molar-refractivity contribution in [3.63, 3.8) is 0 Å². The molecule has 2 heterocycles. The van der Waals surface area contributed by atoms with Crippen LogP contribution in [0, 0.1) is 0 Å². The average Bonchev–Trinajstić information content (AvgIpc) is 2.77. The summed E-state index contributed by atoms with van der Waals surface area (Å²) >= 11 is 12.6. The molecule has 3 aromatic rings. The third kappa shape index (κ3) is 4.20. The van der Waals surface area contributed by atoms with Crippen LogP contribution >= 0.6 is 23.2 Å². The van der Waals surface area contributed by atoms with Gasteiger partial charge in [0.1, 0.15) is 6.33 Å². The highest BCUT2D eigenvalue weighted by Gasteiger charge is 2.25. The predicted molar refractivity (Wildman–Crippen MR) is 108 cm³/mol. The summed E-state index contributed by atoms with van der Waals surface area (Å²) in [6.45, 7) is 1.08. The van der Waals surface area contributed by atoms with E-state index >= 15 is 0 Å². The van der Waals surface area contributed by atoms with E-state index in [9.17, 15) is 5.11 Å². The largest absolute Gasteiger partial charge is 0.481 e. The van der Waals surface area contributed by atoms with Crippen molar-refractivity contribution in [2.75, 3.05) is 0 Å². The van der Waals surface area contributed by atoms with Crippen molar-refractivity contribution in [3.8, 4) is 11.3 Å². The lowest BCUT2D eigenvalue weighted by Gasteiger charge is -2.12. The molecule has 2 aromatic carbocycles. The van der Waals surface area contributed by atoms with Gasteiger partial charge in [-0.25, -0.2) is 15.0 Å². The molecule has 0 amide bonds. The van der Waals surface area contributed by atoms with E-state index in [1.807, 2.05) is 30.3 Å². The Hall–Kier alpha value is -2.80. The van der Waals surface area contributed by atoms with Crippen LogP contribution in [0.15, 0.2) is 60.0 Å². The highest BCUT2D eigenvalue weighted by Crippen LogP contribution is 2.36. The summed E-state index contributed by atoms with van der Waals surface area (Å²) in [6, 6.07) is 12.8. The highest BCUT2D eigenvalue weighted by atomic mass is 35.5. The minimum Gasteiger partial charge on any atom is -0.481 e. The third-order valence-electron chi connectivity index (χ3n) is 3.89. The van der Waals surface area contributed by atoms with E-state index in [0.29, 0.717) is 27.0 Å². The SMILES string of the molecule is CC(=O)O.OC1N=C(c2ccccc2Cl)c2cc(Cl)ccc2-c2ncncc21. The van der Waals surface area contributed by atoms with Crippen LogP contribution in [0.1, 0.15) is 29.8 Å². The molecule has 1 unspecified atom stereocenters. The van der Waals surface area contributed by atoms with E-state index in [1.54, 1.807) is 18.3 Å². The molecule has 1 aliphatic heterocycles. The molecule has 8 heteroatoms. The van der Waals surface area contributed by atoms with Gasteiger partial charge in [-0.05, 0) is 18.2 Å². The third-order valence-corrected chi connectivity index (χ3v) is 4.46. The number of nitrogens with zero attached hydrogens (tertiary/aromatic N) is 3. The molecule has 1 aromatic heterocycles. The quantitative estimate of drug-likeness (QED) is 0.614. The number of aliphatic carboxylic acids is 1. The van der Waals surface area contributed by atoms with Crippen LogP contribution in [0.25, 0.3) is 11.3 Å². The minimum atomic E-state index is -1.08. The van der Waals surface area contributed by atoms with Gasteiger partial charge in [0.05, 0.1) is 11.4 Å². The number of aromatic nitrogens is 2. The number of fused-ring (bicyclic) bond motifs is 3. The fourth-order valence-electron chi connectivity index (χ4n) is 2.80. The molecule has 0 saturated carbocycles. The first-order valence-corrected chi connectivity index (χ1v) is 8.94. The van der Waals surface area contributed by atoms with Crippen molar-refractivity contribution >= 4 is 34.9 Å². The van der Waals surface area contributed by atoms with Crippen molar-refractivity contribution in [2.45, 2.75) is 13.2 Å². The number of hydrogen-bond donors (Lipinski definition) is 2. The first-order valence-electron chi connectivity index (χ1n) is 8.19. The molecule has 0 bridgehead atoms. The van der Waals surface area contributed by atoms with Crippen molar-refractivity contribution in [1.82, 2.24) is 9.97 Å². The number of carboxylic acid groups (broad SMARTS) is 1. The van der Waals surface area contributed by atoms with Gasteiger partial charge in [0.2, 0.25) is 0 Å². The van der Waals surface area contributed by atoms with Gasteiger partial charge < -0.3 is 10.2 Å². The van der Waals surface area contributed by atoms with Crippen LogP contribution in [0.4, 0.5) is 0 Å². The number of aliphatic hydroxyl groups is 1. The molecule has 2 N–H and O–H groups in total. The van der Waals surface area contributed by atoms with Gasteiger partial charge >= 0.3 is 0 Å². The van der Waals surface area contributed by atoms with Gasteiger partial charge in [0.25, 0.3) is 5.97 Å². The van der Waals surface area contributed by atoms with E-state index < -0.39 is 12.2 Å². The van der Waals surface area contributed by atoms with Crippen molar-refractivity contribution in [1.29, 1.82) is 0 Å². The summed E-state index contributed by atoms with van der Waals surface area (Å²) in [5.74, 6) is -0.833. The number of carbonyl (C=O) groups is 1. The topological polar surface area (TPSA) is 95.7 Å². The Balaban J connectivity index is 0.000000516. The van der Waals surface area contributed by atoms with Crippen LogP contribution in [-0.4, -0.2) is 31.9 Å². The average molecular weight is 416 g/mol. The number of aliphatic imine (C=N–C) groups is 1. The number of rotatable bonds is 1. The van der Waals surface area contributed by atoms with Crippen LogP contribution in [0.3, 0.4) is 0 Å². The first kappa shape index (κ1) is 19.9. The number of aliphatic hydroxyl groups excluding tert-OH is 1. The van der Waals surface area contributed by atoms with Crippen LogP contribution in [0.2, 0.25) is 10.0 Å². The number of hydrogen-bond acceptors (Lipinski definition) is 5. The van der Waals surface area contributed by atoms with E-state index in [-0.39, 0.29) is 0 Å². The molecular weight excluding hydrogens is 401 g/mol. The summed E-state index contributed by atoms with van der Waals surface area (Å²) in [4.78, 5) is 21.8. The Bertz CT molecular complexity index is 1070. The van der Waals surface area contributed by atoms with Crippen molar-refractivity contribution in [3.05, 3.63) is 81.7 Å². The first-order chi connectivity index (χ1) is 13.4. The highest BCUT2D eigenvalue weighted by molar-refractivity contribution is 6.36. The van der Waals surface area contributed by atoms with Crippen molar-refractivity contribution < 1.29 is 15.0 Å². The number of carboxylic acids is 1. The van der Waals surface area contributed by atoms with Gasteiger partial charge in [-0.1, -0.05) is 47.5 Å². The molecule has 1 atom stereocenters. The Morgan fingerprint density at radius 3 is 2.50 bits per heavy atom. The Kier molecular flexibility index (Phi) is 6.04. The molecule has 1 aliphatic rings. The molecule has 28 heavy (non-hydrogen) atoms. The molecule has 0 radical (unpaired) electrons. The molecule has 0 saturated heterocycles. The predicted octanol–water partition coefficient (Wildman–Crippen LogP) is 4.38. The fraction of sp³-hybridized carbons (Fsp3) is 0.100. The fourth-order valence-corrected chi connectivity index (χ4v) is 3.20. The smallest absolute Gasteiger partial charge is 0.300 e. The zero-order chi connectivity index (χ0) is 20.3. The molecule has 0 aliphatic carbocycles. The van der Waals surface area contributed by atoms with Crippen LogP contribution < -0.4 is 0 Å². The summed E-state index contributed by atoms with van der Waals surface area (Å²) in [5, 5.41) is 19.1. The van der Waals surface area contributed by atoms with Crippen LogP contribution in [-0.2, 0) is 4.79 Å². The Labute approximate surface area is 171 Å². The maximum absolute atomic E-state index is 10.6. The molecule has 0 fully saturated rings. The second-order valence-corrected chi connectivity index (χ2v) is 6.71. The van der Waals surface area contributed by atoms with E-state index in [4.69, 9.17) is 33.1 Å². The summed E-state index contributed by atoms with van der Waals surface area (Å²) < 4.78 is 0. The summed E-state index contributed by atoms with van der Waals surface area (Å²) in [7, 11) is 0. The zero-order valence-corrected chi connectivity index (χ0v) is 16.2. The minimum absolute atomic E-state index is 0.545. The molecular formula is C20H15Cl2N3O3. The van der Waals surface area contributed by atoms with E-state index in [2.05, 4.69) is 15.0 Å². The van der Waals surface area contributed by atoms with Gasteiger partial charge in [-0.2, -0.15) is 0 Å².